The van der Waals surface area contributed by atoms with E-state index in [2.05, 4.69) is 13.8 Å². The van der Waals surface area contributed by atoms with E-state index in [4.69, 9.17) is 20.4 Å². The molecule has 0 aromatic rings. The molecule has 0 aromatic carbocycles. The minimum Gasteiger partial charge on any atom is -0.394 e. The minimum absolute atomic E-state index is 0. The summed E-state index contributed by atoms with van der Waals surface area (Å²) in [5.74, 6) is 0. The van der Waals surface area contributed by atoms with Crippen molar-refractivity contribution in [2.45, 2.75) is 78.1 Å². The summed E-state index contributed by atoms with van der Waals surface area (Å²) in [6.45, 7) is 9.50. The van der Waals surface area contributed by atoms with Crippen molar-refractivity contribution in [2.24, 2.45) is 0 Å². The number of aliphatic hydroxyl groups is 4. The van der Waals surface area contributed by atoms with E-state index in [0.29, 0.717) is 0 Å². The molecule has 7 heteroatoms. The van der Waals surface area contributed by atoms with Crippen molar-refractivity contribution in [1.29, 1.82) is 0 Å². The van der Waals surface area contributed by atoms with Crippen molar-refractivity contribution in [3.8, 4) is 0 Å². The number of hydrogen-bond donors (Lipinski definition) is 4. The summed E-state index contributed by atoms with van der Waals surface area (Å²) < 4.78 is 0. The Kier molecular flexibility index (Phi) is 116. The summed E-state index contributed by atoms with van der Waals surface area (Å²) in [6, 6.07) is 0. The van der Waals surface area contributed by atoms with E-state index in [9.17, 15) is 0 Å². The average Bonchev–Trinajstić information content (AvgIpc) is 3.36. The molecule has 0 amide bonds. The van der Waals surface area contributed by atoms with Crippen LogP contribution in [0, 0.1) is 13.8 Å². The van der Waals surface area contributed by atoms with Gasteiger partial charge in [0.15, 0.2) is 0 Å². The maximum Gasteiger partial charge on any atom is 2.00 e. The number of aliphatic hydroxyl groups excluding tert-OH is 4. The predicted octanol–water partition coefficient (Wildman–Crippen LogP) is 3.52. The molecule has 0 radical (unpaired) electrons. The Morgan fingerprint density at radius 2 is 0.520 bits per heavy atom. The van der Waals surface area contributed by atoms with Crippen molar-refractivity contribution < 1.29 is 81.1 Å². The molecule has 0 heterocycles. The molecule has 2 fully saturated rings. The second-order valence-electron chi connectivity index (χ2n) is 4.43. The van der Waals surface area contributed by atoms with Crippen LogP contribution in [-0.4, -0.2) is 46.9 Å². The van der Waals surface area contributed by atoms with E-state index in [1.807, 2.05) is 0 Å². The number of rotatable bonds is 2. The van der Waals surface area contributed by atoms with Crippen molar-refractivity contribution in [3.05, 3.63) is 13.8 Å². The first kappa shape index (κ1) is 45.5. The topological polar surface area (TPSA) is 80.9 Å². The van der Waals surface area contributed by atoms with Gasteiger partial charge in [-0.1, -0.05) is 64.2 Å². The van der Waals surface area contributed by atoms with E-state index < -0.39 is 0 Å². The third-order valence-corrected chi connectivity index (χ3v) is 2.70. The van der Waals surface area contributed by atoms with Gasteiger partial charge in [0, 0.05) is 39.0 Å². The van der Waals surface area contributed by atoms with Crippen LogP contribution >= 0.6 is 0 Å². The van der Waals surface area contributed by atoms with Gasteiger partial charge in [-0.05, 0) is 0 Å². The molecular formula is C18H42O4TiZn2. The van der Waals surface area contributed by atoms with E-state index in [1.54, 1.807) is 13.8 Å². The summed E-state index contributed by atoms with van der Waals surface area (Å²) in [5.41, 5.74) is 0. The van der Waals surface area contributed by atoms with Crippen molar-refractivity contribution in [3.63, 3.8) is 0 Å². The van der Waals surface area contributed by atoms with Gasteiger partial charge >= 0.3 is 21.7 Å². The van der Waals surface area contributed by atoms with Gasteiger partial charge in [-0.3, -0.25) is 0 Å². The van der Waals surface area contributed by atoms with Crippen LogP contribution in [0.3, 0.4) is 0 Å². The van der Waals surface area contributed by atoms with Gasteiger partial charge in [0.25, 0.3) is 0 Å². The Morgan fingerprint density at radius 3 is 0.560 bits per heavy atom. The van der Waals surface area contributed by atoms with Crippen molar-refractivity contribution >= 4 is 0 Å². The molecule has 0 unspecified atom stereocenters. The zero-order valence-electron chi connectivity index (χ0n) is 17.0. The molecule has 146 valence electrons. The zero-order chi connectivity index (χ0) is 17.9. The zero-order valence-corrected chi connectivity index (χ0v) is 24.5. The van der Waals surface area contributed by atoms with E-state index in [0.717, 1.165) is 0 Å². The molecule has 2 aliphatic carbocycles. The molecule has 4 N–H and O–H groups in total. The summed E-state index contributed by atoms with van der Waals surface area (Å²) in [6.07, 6.45) is 15.0. The average molecular weight is 501 g/mol. The molecule has 2 rings (SSSR count). The Hall–Kier alpha value is 1.80. The smallest absolute Gasteiger partial charge is 0.394 e. The fourth-order valence-electron chi connectivity index (χ4n) is 1.77. The second kappa shape index (κ2) is 63.6. The van der Waals surface area contributed by atoms with Crippen LogP contribution in [-0.2, 0) is 60.7 Å². The monoisotopic (exact) mass is 498 g/mol. The van der Waals surface area contributed by atoms with Crippen LogP contribution in [0.5, 0.6) is 0 Å². The Labute approximate surface area is 198 Å². The standard InChI is InChI=1S/2C5H10.2C2H6O2.2C2H5.Ti.2Zn/c2*1-2-4-5-3-1;2*3-1-2-4;2*1-2;;;/h2*1-5H2;2*3-4H,1-2H2;2*1H2,2H3;;;/q;;;;2*-1;+2;;. The molecule has 25 heavy (non-hydrogen) atoms. The molecular weight excluding hydrogens is 459 g/mol. The largest absolute Gasteiger partial charge is 2.00 e. The normalized spacial score (nSPS) is 12.5. The van der Waals surface area contributed by atoms with Crippen LogP contribution in [0.25, 0.3) is 0 Å². The maximum absolute atomic E-state index is 7.62. The first-order chi connectivity index (χ1) is 10.8. The first-order valence-corrected chi connectivity index (χ1v) is 8.68. The van der Waals surface area contributed by atoms with Crippen LogP contribution in [0.15, 0.2) is 0 Å². The Bertz CT molecular complexity index is 96.4. The van der Waals surface area contributed by atoms with E-state index in [1.165, 1.54) is 64.2 Å². The Balaban J connectivity index is -0.0000000314. The van der Waals surface area contributed by atoms with Crippen molar-refractivity contribution in [2.75, 3.05) is 26.4 Å². The summed E-state index contributed by atoms with van der Waals surface area (Å²) in [5, 5.41) is 30.5. The molecule has 0 saturated heterocycles. The minimum atomic E-state index is -0.125. The molecule has 2 aliphatic rings. The van der Waals surface area contributed by atoms with Crippen LogP contribution in [0.4, 0.5) is 0 Å². The summed E-state index contributed by atoms with van der Waals surface area (Å²) in [7, 11) is 0. The second-order valence-corrected chi connectivity index (χ2v) is 4.43. The van der Waals surface area contributed by atoms with Gasteiger partial charge in [0.1, 0.15) is 0 Å². The third-order valence-electron chi connectivity index (χ3n) is 2.70. The quantitative estimate of drug-likeness (QED) is 0.345. The maximum atomic E-state index is 7.62. The van der Waals surface area contributed by atoms with Crippen LogP contribution in [0.2, 0.25) is 0 Å². The third kappa shape index (κ3) is 76.7. The van der Waals surface area contributed by atoms with Gasteiger partial charge in [-0.2, -0.15) is 13.8 Å². The SMILES string of the molecule is C1CCCC1.C1CCCC1.OCCO.OCCO.[CH2-]C.[CH2-]C.[Ti+2].[Zn].[Zn]. The van der Waals surface area contributed by atoms with Gasteiger partial charge in [-0.25, -0.2) is 0 Å². The van der Waals surface area contributed by atoms with Crippen LogP contribution < -0.4 is 0 Å². The molecule has 0 bridgehead atoms. The first-order valence-electron chi connectivity index (χ1n) is 8.68. The number of hydrogen-bond acceptors (Lipinski definition) is 4. The fraction of sp³-hybridized carbons (Fsp3) is 0.889. The molecule has 2 saturated carbocycles. The van der Waals surface area contributed by atoms with Gasteiger partial charge in [0.05, 0.1) is 26.4 Å². The van der Waals surface area contributed by atoms with Gasteiger partial charge < -0.3 is 34.3 Å². The molecule has 0 aliphatic heterocycles. The fourth-order valence-corrected chi connectivity index (χ4v) is 1.77. The molecule has 0 aromatic heterocycles. The van der Waals surface area contributed by atoms with Gasteiger partial charge in [0.2, 0.25) is 0 Å². The summed E-state index contributed by atoms with van der Waals surface area (Å²) in [4.78, 5) is 0. The molecule has 4 nitrogen and oxygen atoms in total. The van der Waals surface area contributed by atoms with E-state index >= 15 is 0 Å². The Morgan fingerprint density at radius 1 is 0.440 bits per heavy atom. The molecule has 0 atom stereocenters. The molecule has 0 spiro atoms. The summed E-state index contributed by atoms with van der Waals surface area (Å²) >= 11 is 0. The van der Waals surface area contributed by atoms with Crippen molar-refractivity contribution in [1.82, 2.24) is 0 Å². The van der Waals surface area contributed by atoms with Crippen LogP contribution in [0.1, 0.15) is 78.1 Å². The van der Waals surface area contributed by atoms with E-state index in [-0.39, 0.29) is 87.1 Å². The van der Waals surface area contributed by atoms with Gasteiger partial charge in [-0.15, -0.1) is 0 Å². The predicted molar refractivity (Wildman–Crippen MR) is 96.6 cm³/mol.